The van der Waals surface area contributed by atoms with Crippen molar-refractivity contribution in [1.29, 1.82) is 0 Å². The van der Waals surface area contributed by atoms with Crippen LogP contribution in [0.15, 0.2) is 47.6 Å². The highest BCUT2D eigenvalue weighted by atomic mass is 19.1. The van der Waals surface area contributed by atoms with Crippen molar-refractivity contribution < 1.29 is 24.0 Å². The summed E-state index contributed by atoms with van der Waals surface area (Å²) in [6.45, 7) is 0. The van der Waals surface area contributed by atoms with E-state index >= 15 is 0 Å². The van der Waals surface area contributed by atoms with E-state index in [1.54, 1.807) is 0 Å². The summed E-state index contributed by atoms with van der Waals surface area (Å²) in [5.41, 5.74) is 1.40. The summed E-state index contributed by atoms with van der Waals surface area (Å²) < 4.78 is 13.4. The van der Waals surface area contributed by atoms with Gasteiger partial charge in [0.05, 0.1) is 16.8 Å². The van der Waals surface area contributed by atoms with Crippen molar-refractivity contribution >= 4 is 29.4 Å². The first kappa shape index (κ1) is 17.5. The summed E-state index contributed by atoms with van der Waals surface area (Å²) in [5.74, 6) is -3.52. The molecule has 0 heterocycles. The highest BCUT2D eigenvalue weighted by Crippen LogP contribution is 2.25. The normalized spacial score (nSPS) is 10.4. The zero-order chi connectivity index (χ0) is 18.4. The van der Waals surface area contributed by atoms with Crippen molar-refractivity contribution in [2.24, 2.45) is 5.10 Å². The standard InChI is InChI=1S/C15H11FN4O5/c16-10-3-1-2-4-11(10)18-14(22)15(23)19-17-8-9-5-6-13(21)12(7-9)20(24)25/h1-8,21H,(H,18,22)(H,19,23)/b17-8-. The Morgan fingerprint density at radius 3 is 2.60 bits per heavy atom. The second kappa shape index (κ2) is 7.64. The number of nitrogens with one attached hydrogen (secondary N) is 2. The van der Waals surface area contributed by atoms with E-state index in [0.717, 1.165) is 24.4 Å². The molecule has 0 unspecified atom stereocenters. The van der Waals surface area contributed by atoms with E-state index in [2.05, 4.69) is 10.4 Å². The van der Waals surface area contributed by atoms with Gasteiger partial charge in [-0.1, -0.05) is 12.1 Å². The summed E-state index contributed by atoms with van der Waals surface area (Å²) in [6.07, 6.45) is 1.04. The molecule has 2 amide bonds. The molecule has 2 aromatic rings. The number of hydrogen-bond donors (Lipinski definition) is 3. The summed E-state index contributed by atoms with van der Waals surface area (Å²) in [4.78, 5) is 33.1. The van der Waals surface area contributed by atoms with Crippen molar-refractivity contribution in [3.8, 4) is 5.75 Å². The van der Waals surface area contributed by atoms with Crippen LogP contribution in [0.25, 0.3) is 0 Å². The van der Waals surface area contributed by atoms with Gasteiger partial charge < -0.3 is 10.4 Å². The molecule has 0 atom stereocenters. The smallest absolute Gasteiger partial charge is 0.329 e. The number of nitro groups is 1. The lowest BCUT2D eigenvalue weighted by Gasteiger charge is -2.04. The number of halogens is 1. The second-order valence-electron chi connectivity index (χ2n) is 4.64. The maximum atomic E-state index is 13.4. The van der Waals surface area contributed by atoms with Gasteiger partial charge in [-0.3, -0.25) is 19.7 Å². The lowest BCUT2D eigenvalue weighted by Crippen LogP contribution is -2.32. The van der Waals surface area contributed by atoms with E-state index in [0.29, 0.717) is 0 Å². The maximum Gasteiger partial charge on any atom is 0.329 e. The average Bonchev–Trinajstić information content (AvgIpc) is 2.58. The number of amides is 2. The number of nitro benzene ring substituents is 1. The van der Waals surface area contributed by atoms with Gasteiger partial charge in [-0.15, -0.1) is 0 Å². The van der Waals surface area contributed by atoms with Crippen LogP contribution in [-0.4, -0.2) is 28.1 Å². The van der Waals surface area contributed by atoms with Gasteiger partial charge in [0, 0.05) is 11.6 Å². The molecule has 25 heavy (non-hydrogen) atoms. The maximum absolute atomic E-state index is 13.4. The minimum absolute atomic E-state index is 0.166. The van der Waals surface area contributed by atoms with Gasteiger partial charge in [0.2, 0.25) is 0 Å². The van der Waals surface area contributed by atoms with E-state index in [1.165, 1.54) is 24.3 Å². The Hall–Kier alpha value is -3.82. The number of rotatable bonds is 4. The fourth-order valence-electron chi connectivity index (χ4n) is 1.72. The molecule has 0 aliphatic heterocycles. The van der Waals surface area contributed by atoms with Crippen molar-refractivity contribution in [1.82, 2.24) is 5.43 Å². The highest BCUT2D eigenvalue weighted by Gasteiger charge is 2.15. The van der Waals surface area contributed by atoms with Crippen LogP contribution in [0.1, 0.15) is 5.56 Å². The molecule has 0 aliphatic rings. The molecule has 10 heteroatoms. The third-order valence-electron chi connectivity index (χ3n) is 2.90. The summed E-state index contributed by atoms with van der Waals surface area (Å²) in [7, 11) is 0. The Morgan fingerprint density at radius 1 is 1.20 bits per heavy atom. The Labute approximate surface area is 139 Å². The lowest BCUT2D eigenvalue weighted by atomic mass is 10.2. The molecule has 0 bridgehead atoms. The van der Waals surface area contributed by atoms with E-state index < -0.39 is 34.0 Å². The number of phenols is 1. The number of benzene rings is 2. The van der Waals surface area contributed by atoms with Crippen LogP contribution in [0.3, 0.4) is 0 Å². The number of carbonyl (C=O) groups excluding carboxylic acids is 2. The van der Waals surface area contributed by atoms with Gasteiger partial charge in [0.25, 0.3) is 0 Å². The molecule has 0 aliphatic carbocycles. The van der Waals surface area contributed by atoms with Crippen LogP contribution in [0, 0.1) is 15.9 Å². The van der Waals surface area contributed by atoms with Gasteiger partial charge in [0.1, 0.15) is 5.82 Å². The Morgan fingerprint density at radius 2 is 1.92 bits per heavy atom. The molecule has 2 rings (SSSR count). The van der Waals surface area contributed by atoms with Crippen LogP contribution in [0.2, 0.25) is 0 Å². The summed E-state index contributed by atoms with van der Waals surface area (Å²) in [6, 6.07) is 8.73. The molecule has 0 fully saturated rings. The van der Waals surface area contributed by atoms with Gasteiger partial charge in [-0.2, -0.15) is 5.10 Å². The van der Waals surface area contributed by atoms with Crippen LogP contribution in [0.5, 0.6) is 5.75 Å². The first-order chi connectivity index (χ1) is 11.9. The third-order valence-corrected chi connectivity index (χ3v) is 2.90. The molecular formula is C15H11FN4O5. The number of para-hydroxylation sites is 1. The van der Waals surface area contributed by atoms with Crippen molar-refractivity contribution in [3.63, 3.8) is 0 Å². The number of hydrazone groups is 1. The second-order valence-corrected chi connectivity index (χ2v) is 4.64. The SMILES string of the molecule is O=C(N/N=C\c1ccc(O)c([N+](=O)[O-])c1)C(=O)Nc1ccccc1F. The summed E-state index contributed by atoms with van der Waals surface area (Å²) >= 11 is 0. The number of aromatic hydroxyl groups is 1. The number of nitrogens with zero attached hydrogens (tertiary/aromatic N) is 2. The van der Waals surface area contributed by atoms with Crippen molar-refractivity contribution in [2.75, 3.05) is 5.32 Å². The van der Waals surface area contributed by atoms with E-state index in [9.17, 15) is 29.2 Å². The number of hydrogen-bond acceptors (Lipinski definition) is 6. The zero-order valence-electron chi connectivity index (χ0n) is 12.5. The average molecular weight is 346 g/mol. The largest absolute Gasteiger partial charge is 0.502 e. The Kier molecular flexibility index (Phi) is 5.36. The van der Waals surface area contributed by atoms with Gasteiger partial charge in [0.15, 0.2) is 5.75 Å². The predicted molar refractivity (Wildman–Crippen MR) is 85.5 cm³/mol. The molecule has 3 N–H and O–H groups in total. The van der Waals surface area contributed by atoms with E-state index in [-0.39, 0.29) is 11.3 Å². The first-order valence-corrected chi connectivity index (χ1v) is 6.75. The van der Waals surface area contributed by atoms with Gasteiger partial charge in [-0.25, -0.2) is 9.82 Å². The number of carbonyl (C=O) groups is 2. The fourth-order valence-corrected chi connectivity index (χ4v) is 1.72. The Balaban J connectivity index is 1.98. The fraction of sp³-hybridized carbons (Fsp3) is 0. The molecular weight excluding hydrogens is 335 g/mol. The number of phenolic OH excluding ortho intramolecular Hbond substituents is 1. The molecule has 2 aromatic carbocycles. The lowest BCUT2D eigenvalue weighted by molar-refractivity contribution is -0.385. The van der Waals surface area contributed by atoms with E-state index in [4.69, 9.17) is 0 Å². The molecule has 0 saturated carbocycles. The minimum atomic E-state index is -1.16. The molecule has 128 valence electrons. The van der Waals surface area contributed by atoms with Gasteiger partial charge in [-0.05, 0) is 24.3 Å². The number of anilines is 1. The first-order valence-electron chi connectivity index (χ1n) is 6.75. The predicted octanol–water partition coefficient (Wildman–Crippen LogP) is 1.53. The molecule has 0 saturated heterocycles. The van der Waals surface area contributed by atoms with Crippen LogP contribution in [-0.2, 0) is 9.59 Å². The van der Waals surface area contributed by atoms with Crippen molar-refractivity contribution in [2.45, 2.75) is 0 Å². The minimum Gasteiger partial charge on any atom is -0.502 e. The molecule has 0 aromatic heterocycles. The van der Waals surface area contributed by atoms with E-state index in [1.807, 2.05) is 5.43 Å². The Bertz CT molecular complexity index is 869. The van der Waals surface area contributed by atoms with Crippen LogP contribution >= 0.6 is 0 Å². The molecule has 9 nitrogen and oxygen atoms in total. The van der Waals surface area contributed by atoms with Crippen LogP contribution in [0.4, 0.5) is 15.8 Å². The quantitative estimate of drug-likeness (QED) is 0.334. The van der Waals surface area contributed by atoms with Crippen molar-refractivity contribution in [3.05, 3.63) is 64.0 Å². The topological polar surface area (TPSA) is 134 Å². The zero-order valence-corrected chi connectivity index (χ0v) is 12.5. The molecule has 0 radical (unpaired) electrons. The van der Waals surface area contributed by atoms with Crippen LogP contribution < -0.4 is 10.7 Å². The monoisotopic (exact) mass is 346 g/mol. The van der Waals surface area contributed by atoms with Gasteiger partial charge >= 0.3 is 17.5 Å². The highest BCUT2D eigenvalue weighted by molar-refractivity contribution is 6.39. The summed E-state index contributed by atoms with van der Waals surface area (Å²) in [5, 5.41) is 25.6. The molecule has 0 spiro atoms. The third kappa shape index (κ3) is 4.58.